The predicted octanol–water partition coefficient (Wildman–Crippen LogP) is 1.81. The number of fused-ring (bicyclic) bond motifs is 4. The fourth-order valence-corrected chi connectivity index (χ4v) is 2.62. The van der Waals surface area contributed by atoms with Gasteiger partial charge in [0.2, 0.25) is 0 Å². The van der Waals surface area contributed by atoms with E-state index in [2.05, 4.69) is 35.1 Å². The van der Waals surface area contributed by atoms with Crippen LogP contribution in [0.1, 0.15) is 50.0 Å². The van der Waals surface area contributed by atoms with Crippen molar-refractivity contribution in [1.82, 2.24) is 15.1 Å². The van der Waals surface area contributed by atoms with Crippen LogP contribution in [0.2, 0.25) is 0 Å². The maximum atomic E-state index is 4.67. The zero-order valence-corrected chi connectivity index (χ0v) is 8.83. The first-order chi connectivity index (χ1) is 6.74. The lowest BCUT2D eigenvalue weighted by Crippen LogP contribution is -2.31. The third kappa shape index (κ3) is 1.12. The number of nitrogens with zero attached hydrogens (tertiary/aromatic N) is 2. The molecule has 0 aliphatic carbocycles. The molecular weight excluding hydrogens is 174 g/mol. The second-order valence-corrected chi connectivity index (χ2v) is 4.80. The average Bonchev–Trinajstić information content (AvgIpc) is 2.71. The highest BCUT2D eigenvalue weighted by molar-refractivity contribution is 5.28. The molecule has 0 saturated carbocycles. The van der Waals surface area contributed by atoms with E-state index in [0.29, 0.717) is 18.1 Å². The molecule has 1 N–H and O–H groups in total. The Morgan fingerprint density at radius 3 is 3.14 bits per heavy atom. The van der Waals surface area contributed by atoms with Crippen molar-refractivity contribution >= 4 is 0 Å². The summed E-state index contributed by atoms with van der Waals surface area (Å²) < 4.78 is 2.10. The summed E-state index contributed by atoms with van der Waals surface area (Å²) in [4.78, 5) is 0. The van der Waals surface area contributed by atoms with Gasteiger partial charge in [0.15, 0.2) is 0 Å². The van der Waals surface area contributed by atoms with Crippen LogP contribution in [0.4, 0.5) is 0 Å². The molecule has 2 bridgehead atoms. The molecule has 0 unspecified atom stereocenters. The van der Waals surface area contributed by atoms with Crippen LogP contribution in [0.25, 0.3) is 0 Å². The fourth-order valence-electron chi connectivity index (χ4n) is 2.62. The van der Waals surface area contributed by atoms with Gasteiger partial charge in [0.25, 0.3) is 0 Å². The van der Waals surface area contributed by atoms with Crippen molar-refractivity contribution in [3.05, 3.63) is 17.5 Å². The van der Waals surface area contributed by atoms with Crippen molar-refractivity contribution in [3.63, 3.8) is 0 Å². The van der Waals surface area contributed by atoms with Crippen molar-refractivity contribution < 1.29 is 0 Å². The Bertz CT molecular complexity index is 353. The lowest BCUT2D eigenvalue weighted by atomic mass is 10.0. The van der Waals surface area contributed by atoms with Gasteiger partial charge in [0.05, 0.1) is 5.69 Å². The van der Waals surface area contributed by atoms with E-state index < -0.39 is 0 Å². The first-order valence-electron chi connectivity index (χ1n) is 5.58. The second kappa shape index (κ2) is 2.83. The number of rotatable bonds is 1. The highest BCUT2D eigenvalue weighted by atomic mass is 15.3. The lowest BCUT2D eigenvalue weighted by molar-refractivity contribution is 0.501. The topological polar surface area (TPSA) is 29.9 Å². The zero-order chi connectivity index (χ0) is 9.71. The number of nitrogens with one attached hydrogen (secondary N) is 1. The molecule has 1 aromatic rings. The van der Waals surface area contributed by atoms with Crippen molar-refractivity contribution in [2.45, 2.75) is 51.2 Å². The van der Waals surface area contributed by atoms with E-state index in [-0.39, 0.29) is 0 Å². The van der Waals surface area contributed by atoms with Gasteiger partial charge < -0.3 is 5.32 Å². The monoisotopic (exact) mass is 191 g/mol. The molecule has 0 amide bonds. The summed E-state index contributed by atoms with van der Waals surface area (Å²) in [6, 6.07) is 1.78. The van der Waals surface area contributed by atoms with Crippen LogP contribution in [-0.4, -0.2) is 15.8 Å². The molecule has 3 heteroatoms. The van der Waals surface area contributed by atoms with Gasteiger partial charge in [-0.3, -0.25) is 4.68 Å². The van der Waals surface area contributed by atoms with E-state index in [1.54, 1.807) is 0 Å². The van der Waals surface area contributed by atoms with Crippen LogP contribution < -0.4 is 5.32 Å². The molecule has 0 spiro atoms. The SMILES string of the molecule is CC(C)n1cc2c(n1)C[C@H]1CC[C@H]2N1. The third-order valence-corrected chi connectivity index (χ3v) is 3.43. The smallest absolute Gasteiger partial charge is 0.0688 e. The van der Waals surface area contributed by atoms with Crippen LogP contribution in [0.3, 0.4) is 0 Å². The van der Waals surface area contributed by atoms with Crippen molar-refractivity contribution in [2.24, 2.45) is 0 Å². The standard InChI is InChI=1S/C11H17N3/c1-7(2)14-6-9-10-4-3-8(12-10)5-11(9)13-14/h6-8,10,12H,3-5H2,1-2H3/t8-,10-/m1/s1. The summed E-state index contributed by atoms with van der Waals surface area (Å²) in [7, 11) is 0. The summed E-state index contributed by atoms with van der Waals surface area (Å²) in [6.07, 6.45) is 5.98. The Morgan fingerprint density at radius 1 is 1.50 bits per heavy atom. The van der Waals surface area contributed by atoms with Gasteiger partial charge in [-0.1, -0.05) is 0 Å². The van der Waals surface area contributed by atoms with Crippen molar-refractivity contribution in [1.29, 1.82) is 0 Å². The van der Waals surface area contributed by atoms with E-state index in [0.717, 1.165) is 6.42 Å². The molecule has 3 nitrogen and oxygen atoms in total. The van der Waals surface area contributed by atoms with Gasteiger partial charge in [-0.15, -0.1) is 0 Å². The molecule has 2 aliphatic rings. The van der Waals surface area contributed by atoms with Gasteiger partial charge in [-0.05, 0) is 26.7 Å². The Labute approximate surface area is 84.5 Å². The van der Waals surface area contributed by atoms with E-state index in [4.69, 9.17) is 0 Å². The summed E-state index contributed by atoms with van der Waals surface area (Å²) >= 11 is 0. The maximum Gasteiger partial charge on any atom is 0.0688 e. The van der Waals surface area contributed by atoms with Gasteiger partial charge in [-0.2, -0.15) is 5.10 Å². The summed E-state index contributed by atoms with van der Waals surface area (Å²) in [5, 5.41) is 8.31. The molecule has 3 heterocycles. The second-order valence-electron chi connectivity index (χ2n) is 4.80. The van der Waals surface area contributed by atoms with Gasteiger partial charge in [0, 0.05) is 36.3 Å². The highest BCUT2D eigenvalue weighted by Crippen LogP contribution is 2.35. The maximum absolute atomic E-state index is 4.67. The zero-order valence-electron chi connectivity index (χ0n) is 8.83. The molecule has 76 valence electrons. The van der Waals surface area contributed by atoms with E-state index in [1.807, 2.05) is 0 Å². The largest absolute Gasteiger partial charge is 0.307 e. The molecule has 14 heavy (non-hydrogen) atoms. The molecular formula is C11H17N3. The van der Waals surface area contributed by atoms with Crippen LogP contribution in [0, 0.1) is 0 Å². The van der Waals surface area contributed by atoms with E-state index in [9.17, 15) is 0 Å². The molecule has 0 radical (unpaired) electrons. The molecule has 2 aliphatic heterocycles. The van der Waals surface area contributed by atoms with E-state index >= 15 is 0 Å². The lowest BCUT2D eigenvalue weighted by Gasteiger charge is -2.19. The van der Waals surface area contributed by atoms with Crippen LogP contribution in [0.15, 0.2) is 6.20 Å². The minimum absolute atomic E-state index is 0.485. The van der Waals surface area contributed by atoms with Gasteiger partial charge >= 0.3 is 0 Å². The van der Waals surface area contributed by atoms with Crippen LogP contribution >= 0.6 is 0 Å². The minimum atomic E-state index is 0.485. The van der Waals surface area contributed by atoms with E-state index in [1.165, 1.54) is 24.1 Å². The van der Waals surface area contributed by atoms with Gasteiger partial charge in [0.1, 0.15) is 0 Å². The van der Waals surface area contributed by atoms with Crippen molar-refractivity contribution in [2.75, 3.05) is 0 Å². The minimum Gasteiger partial charge on any atom is -0.307 e. The quantitative estimate of drug-likeness (QED) is 0.733. The number of aromatic nitrogens is 2. The molecule has 2 atom stereocenters. The Balaban J connectivity index is 2.01. The van der Waals surface area contributed by atoms with Crippen LogP contribution in [-0.2, 0) is 6.42 Å². The predicted molar refractivity (Wildman–Crippen MR) is 55.2 cm³/mol. The Morgan fingerprint density at radius 2 is 2.36 bits per heavy atom. The fraction of sp³-hybridized carbons (Fsp3) is 0.727. The number of hydrogen-bond donors (Lipinski definition) is 1. The average molecular weight is 191 g/mol. The first-order valence-corrected chi connectivity index (χ1v) is 5.58. The molecule has 1 fully saturated rings. The summed E-state index contributed by atoms with van der Waals surface area (Å²) in [5.41, 5.74) is 2.79. The molecule has 1 aromatic heterocycles. The highest BCUT2D eigenvalue weighted by Gasteiger charge is 2.34. The summed E-state index contributed by atoms with van der Waals surface area (Å²) in [6.45, 7) is 4.37. The third-order valence-electron chi connectivity index (χ3n) is 3.43. The number of hydrogen-bond acceptors (Lipinski definition) is 2. The molecule has 1 saturated heterocycles. The Kier molecular flexibility index (Phi) is 1.71. The Hall–Kier alpha value is -0.830. The van der Waals surface area contributed by atoms with Crippen LogP contribution in [0.5, 0.6) is 0 Å². The first kappa shape index (κ1) is 8.48. The molecule has 0 aromatic carbocycles. The summed E-state index contributed by atoms with van der Waals surface area (Å²) in [5.74, 6) is 0. The van der Waals surface area contributed by atoms with Crippen molar-refractivity contribution in [3.8, 4) is 0 Å². The normalized spacial score (nSPS) is 29.6. The van der Waals surface area contributed by atoms with Gasteiger partial charge in [-0.25, -0.2) is 0 Å². The molecule has 3 rings (SSSR count).